The quantitative estimate of drug-likeness (QED) is 0.195. The van der Waals surface area contributed by atoms with E-state index in [1.807, 2.05) is 0 Å². The fourth-order valence-electron chi connectivity index (χ4n) is 5.18. The summed E-state index contributed by atoms with van der Waals surface area (Å²) in [7, 11) is 0. The fourth-order valence-corrected chi connectivity index (χ4v) is 5.92. The van der Waals surface area contributed by atoms with Crippen molar-refractivity contribution in [3.05, 3.63) is 81.3 Å². The number of rotatable bonds is 7. The average molecular weight is 737 g/mol. The van der Waals surface area contributed by atoms with E-state index in [4.69, 9.17) is 5.11 Å². The molecule has 2 aliphatic rings. The number of hydrogen-bond donors (Lipinski definition) is 1. The van der Waals surface area contributed by atoms with E-state index in [0.717, 1.165) is 49.5 Å². The molecule has 5 rings (SSSR count). The SMILES string of the molecule is FC(F)(F)c1cccc(C2CCCCn3nc(Br)nc32)c1.OCCCCC(C1=NN=C(Br)C1)c1cccc(C(F)(F)F)c1. The highest BCUT2D eigenvalue weighted by Gasteiger charge is 2.33. The van der Waals surface area contributed by atoms with Crippen molar-refractivity contribution in [3.63, 3.8) is 0 Å². The van der Waals surface area contributed by atoms with Crippen LogP contribution >= 0.6 is 31.9 Å². The van der Waals surface area contributed by atoms with Gasteiger partial charge in [-0.05, 0) is 80.8 Å². The molecule has 3 aromatic rings. The Morgan fingerprint density at radius 2 is 1.60 bits per heavy atom. The molecule has 1 aromatic heterocycles. The van der Waals surface area contributed by atoms with Crippen LogP contribution in [0.3, 0.4) is 0 Å². The van der Waals surface area contributed by atoms with Gasteiger partial charge in [0, 0.05) is 31.4 Å². The molecule has 2 atom stereocenters. The zero-order valence-electron chi connectivity index (χ0n) is 22.8. The number of halogens is 8. The van der Waals surface area contributed by atoms with Gasteiger partial charge in [0.2, 0.25) is 4.73 Å². The van der Waals surface area contributed by atoms with Crippen LogP contribution < -0.4 is 0 Å². The number of alkyl halides is 6. The van der Waals surface area contributed by atoms with Crippen LogP contribution in [-0.4, -0.2) is 36.8 Å². The highest BCUT2D eigenvalue weighted by Crippen LogP contribution is 2.37. The highest BCUT2D eigenvalue weighted by molar-refractivity contribution is 9.18. The van der Waals surface area contributed by atoms with Crippen molar-refractivity contribution >= 4 is 42.2 Å². The summed E-state index contributed by atoms with van der Waals surface area (Å²) in [6, 6.07) is 10.9. The number of benzene rings is 2. The Labute approximate surface area is 261 Å². The van der Waals surface area contributed by atoms with Gasteiger partial charge in [0.05, 0.1) is 16.8 Å². The summed E-state index contributed by atoms with van der Waals surface area (Å²) < 4.78 is 80.2. The number of aliphatic hydroxyl groups excluding tert-OH is 1. The molecule has 0 radical (unpaired) electrons. The fraction of sp³-hybridized carbons (Fsp3) is 0.448. The molecule has 0 fully saturated rings. The molecule has 0 spiro atoms. The smallest absolute Gasteiger partial charge is 0.396 e. The maximum absolute atomic E-state index is 12.9. The maximum atomic E-state index is 12.9. The van der Waals surface area contributed by atoms with Crippen molar-refractivity contribution in [2.75, 3.05) is 6.61 Å². The largest absolute Gasteiger partial charge is 0.416 e. The maximum Gasteiger partial charge on any atom is 0.416 e. The molecule has 232 valence electrons. The summed E-state index contributed by atoms with van der Waals surface area (Å²) >= 11 is 6.50. The minimum atomic E-state index is -4.36. The van der Waals surface area contributed by atoms with E-state index in [-0.39, 0.29) is 18.4 Å². The summed E-state index contributed by atoms with van der Waals surface area (Å²) in [5, 5.41) is 21.1. The number of aromatic nitrogens is 3. The van der Waals surface area contributed by atoms with Crippen LogP contribution in [0.5, 0.6) is 0 Å². The summed E-state index contributed by atoms with van der Waals surface area (Å²) in [5.41, 5.74) is 0.714. The number of hydrogen-bond acceptors (Lipinski definition) is 5. The molecule has 43 heavy (non-hydrogen) atoms. The predicted octanol–water partition coefficient (Wildman–Crippen LogP) is 8.88. The van der Waals surface area contributed by atoms with Crippen molar-refractivity contribution < 1.29 is 31.4 Å². The van der Waals surface area contributed by atoms with E-state index in [0.29, 0.717) is 46.2 Å². The zero-order chi connectivity index (χ0) is 31.2. The van der Waals surface area contributed by atoms with Crippen molar-refractivity contribution in [2.45, 2.75) is 75.7 Å². The van der Waals surface area contributed by atoms with Crippen LogP contribution in [0.2, 0.25) is 0 Å². The van der Waals surface area contributed by atoms with Gasteiger partial charge in [0.25, 0.3) is 0 Å². The van der Waals surface area contributed by atoms with Gasteiger partial charge in [-0.25, -0.2) is 9.67 Å². The Kier molecular flexibility index (Phi) is 11.2. The molecule has 0 saturated carbocycles. The Morgan fingerprint density at radius 3 is 2.26 bits per heavy atom. The number of fused-ring (bicyclic) bond motifs is 1. The second kappa shape index (κ2) is 14.5. The lowest BCUT2D eigenvalue weighted by Crippen LogP contribution is -2.14. The molecular formula is C29H29Br2F6N5O. The van der Waals surface area contributed by atoms with Crippen molar-refractivity contribution in [3.8, 4) is 0 Å². The first-order valence-electron chi connectivity index (χ1n) is 13.7. The first-order valence-corrected chi connectivity index (χ1v) is 15.3. The second-order valence-corrected chi connectivity index (χ2v) is 11.9. The lowest BCUT2D eigenvalue weighted by molar-refractivity contribution is -0.138. The van der Waals surface area contributed by atoms with E-state index in [9.17, 15) is 26.3 Å². The number of nitrogens with zero attached hydrogens (tertiary/aromatic N) is 5. The number of unbranched alkanes of at least 4 members (excludes halogenated alkanes) is 1. The summed E-state index contributed by atoms with van der Waals surface area (Å²) in [5.74, 6) is 0.375. The molecule has 2 aliphatic heterocycles. The van der Waals surface area contributed by atoms with E-state index < -0.39 is 23.5 Å². The van der Waals surface area contributed by atoms with Gasteiger partial charge in [0.1, 0.15) is 10.4 Å². The molecule has 1 N–H and O–H groups in total. The predicted molar refractivity (Wildman–Crippen MR) is 158 cm³/mol. The van der Waals surface area contributed by atoms with E-state index in [1.165, 1.54) is 24.3 Å². The lowest BCUT2D eigenvalue weighted by atomic mass is 9.87. The lowest BCUT2D eigenvalue weighted by Gasteiger charge is -2.18. The first kappa shape index (κ1) is 33.3. The van der Waals surface area contributed by atoms with Gasteiger partial charge in [-0.15, -0.1) is 10.2 Å². The van der Waals surface area contributed by atoms with Crippen molar-refractivity contribution in [1.82, 2.24) is 14.8 Å². The van der Waals surface area contributed by atoms with Gasteiger partial charge in [-0.2, -0.15) is 31.4 Å². The molecule has 6 nitrogen and oxygen atoms in total. The number of aryl methyl sites for hydroxylation is 1. The van der Waals surface area contributed by atoms with Crippen molar-refractivity contribution in [2.24, 2.45) is 10.2 Å². The van der Waals surface area contributed by atoms with Crippen LogP contribution in [0.1, 0.15) is 84.9 Å². The standard InChI is InChI=1S/C15H16BrF3N2O.C14H13BrF3N3/c16-14-9-13(20-21-14)12(6-1-2-7-22)10-4-3-5-11(8-10)15(17,18)19;15-13-19-12-11(6-1-2-7-21(12)20-13)9-4-3-5-10(8-9)14(16,17)18/h3-5,8,12,22H,1-2,6-7,9H2;3-5,8,11H,1-2,6-7H2. The Hall–Kier alpha value is -2.58. The van der Waals surface area contributed by atoms with Gasteiger partial charge >= 0.3 is 12.4 Å². The zero-order valence-corrected chi connectivity index (χ0v) is 26.0. The van der Waals surface area contributed by atoms with Crippen LogP contribution in [-0.2, 0) is 18.9 Å². The molecule has 0 bridgehead atoms. The number of aliphatic hydroxyl groups is 1. The highest BCUT2D eigenvalue weighted by atomic mass is 79.9. The topological polar surface area (TPSA) is 75.7 Å². The molecule has 0 amide bonds. The van der Waals surface area contributed by atoms with Crippen LogP contribution in [0.25, 0.3) is 0 Å². The minimum Gasteiger partial charge on any atom is -0.396 e. The Morgan fingerprint density at radius 1 is 0.907 bits per heavy atom. The van der Waals surface area contributed by atoms with Gasteiger partial charge < -0.3 is 5.11 Å². The third-order valence-electron chi connectivity index (χ3n) is 7.25. The normalized spacial score (nSPS) is 17.7. The molecule has 14 heteroatoms. The summed E-state index contributed by atoms with van der Waals surface area (Å²) in [4.78, 5) is 4.35. The van der Waals surface area contributed by atoms with Crippen molar-refractivity contribution in [1.29, 1.82) is 0 Å². The van der Waals surface area contributed by atoms with E-state index in [2.05, 4.69) is 52.1 Å². The molecule has 0 aliphatic carbocycles. The van der Waals surface area contributed by atoms with Gasteiger partial charge in [0.15, 0.2) is 0 Å². The third kappa shape index (κ3) is 8.98. The van der Waals surface area contributed by atoms with Crippen LogP contribution in [0.4, 0.5) is 26.3 Å². The van der Waals surface area contributed by atoms with E-state index >= 15 is 0 Å². The second-order valence-electron chi connectivity index (χ2n) is 10.3. The first-order chi connectivity index (χ1) is 20.4. The van der Waals surface area contributed by atoms with E-state index in [1.54, 1.807) is 16.8 Å². The summed E-state index contributed by atoms with van der Waals surface area (Å²) in [6.07, 6.45) is -3.52. The molecule has 0 saturated heterocycles. The summed E-state index contributed by atoms with van der Waals surface area (Å²) in [6.45, 7) is 0.825. The van der Waals surface area contributed by atoms with Crippen LogP contribution in [0.15, 0.2) is 63.5 Å². The monoisotopic (exact) mass is 735 g/mol. The minimum absolute atomic E-state index is 0.0714. The Bertz CT molecular complexity index is 1450. The molecular weight excluding hydrogens is 708 g/mol. The molecule has 2 aromatic carbocycles. The Balaban J connectivity index is 0.000000197. The van der Waals surface area contributed by atoms with Gasteiger partial charge in [-0.3, -0.25) is 0 Å². The average Bonchev–Trinajstić information content (AvgIpc) is 3.49. The molecule has 2 unspecified atom stereocenters. The third-order valence-corrected chi connectivity index (χ3v) is 8.02. The molecule has 3 heterocycles. The van der Waals surface area contributed by atoms with Crippen LogP contribution in [0, 0.1) is 0 Å². The van der Waals surface area contributed by atoms with Gasteiger partial charge in [-0.1, -0.05) is 49.2 Å².